The second-order valence-corrected chi connectivity index (χ2v) is 5.93. The number of benzene rings is 1. The fourth-order valence-corrected chi connectivity index (χ4v) is 3.18. The highest BCUT2D eigenvalue weighted by atomic mass is 19.1. The molecular weight excluding hydrogens is 241 g/mol. The molecule has 0 radical (unpaired) electrons. The molecule has 0 aliphatic heterocycles. The Hall–Kier alpha value is -1.09. The molecule has 0 aromatic heterocycles. The van der Waals surface area contributed by atoms with Gasteiger partial charge in [-0.3, -0.25) is 0 Å². The van der Waals surface area contributed by atoms with Crippen molar-refractivity contribution in [1.29, 1.82) is 0 Å². The number of rotatable bonds is 4. The first-order chi connectivity index (χ1) is 9.04. The van der Waals surface area contributed by atoms with Crippen molar-refractivity contribution in [3.05, 3.63) is 29.1 Å². The molecule has 3 heteroatoms. The fourth-order valence-electron chi connectivity index (χ4n) is 3.18. The summed E-state index contributed by atoms with van der Waals surface area (Å²) < 4.78 is 19.6. The van der Waals surface area contributed by atoms with Crippen molar-refractivity contribution in [2.24, 2.45) is 5.73 Å². The van der Waals surface area contributed by atoms with Crippen molar-refractivity contribution in [1.82, 2.24) is 0 Å². The maximum atomic E-state index is 14.3. The van der Waals surface area contributed by atoms with E-state index in [1.165, 1.54) is 7.11 Å². The molecular formula is C16H24FNO. The molecule has 0 atom stereocenters. The van der Waals surface area contributed by atoms with Gasteiger partial charge in [0.2, 0.25) is 0 Å². The van der Waals surface area contributed by atoms with E-state index < -0.39 is 0 Å². The Morgan fingerprint density at radius 3 is 2.42 bits per heavy atom. The Morgan fingerprint density at radius 2 is 1.95 bits per heavy atom. The lowest BCUT2D eigenvalue weighted by Gasteiger charge is -2.30. The third-order valence-corrected chi connectivity index (χ3v) is 4.46. The molecule has 2 N–H and O–H groups in total. The zero-order chi connectivity index (χ0) is 14.0. The molecule has 0 saturated heterocycles. The van der Waals surface area contributed by atoms with Crippen LogP contribution in [0.15, 0.2) is 12.1 Å². The lowest BCUT2D eigenvalue weighted by molar-refractivity contribution is 0.355. The SMILES string of the molecule is COc1c(F)cc(C(C)C)cc1C1(CN)CCCC1. The highest BCUT2D eigenvalue weighted by Gasteiger charge is 2.37. The summed E-state index contributed by atoms with van der Waals surface area (Å²) >= 11 is 0. The third-order valence-electron chi connectivity index (χ3n) is 4.46. The van der Waals surface area contributed by atoms with E-state index in [0.29, 0.717) is 18.2 Å². The molecule has 0 spiro atoms. The van der Waals surface area contributed by atoms with E-state index in [4.69, 9.17) is 10.5 Å². The van der Waals surface area contributed by atoms with Crippen LogP contribution in [-0.2, 0) is 5.41 Å². The number of halogens is 1. The van der Waals surface area contributed by atoms with Gasteiger partial charge in [-0.05, 0) is 30.4 Å². The van der Waals surface area contributed by atoms with Crippen molar-refractivity contribution in [3.63, 3.8) is 0 Å². The van der Waals surface area contributed by atoms with Crippen molar-refractivity contribution in [2.45, 2.75) is 50.9 Å². The number of methoxy groups -OCH3 is 1. The van der Waals surface area contributed by atoms with Gasteiger partial charge in [-0.1, -0.05) is 32.8 Å². The van der Waals surface area contributed by atoms with Gasteiger partial charge >= 0.3 is 0 Å². The molecule has 0 unspecified atom stereocenters. The van der Waals surface area contributed by atoms with E-state index in [9.17, 15) is 4.39 Å². The summed E-state index contributed by atoms with van der Waals surface area (Å²) in [5, 5.41) is 0. The van der Waals surface area contributed by atoms with Crippen LogP contribution in [0.25, 0.3) is 0 Å². The van der Waals surface area contributed by atoms with Gasteiger partial charge in [-0.15, -0.1) is 0 Å². The maximum absolute atomic E-state index is 14.3. The minimum Gasteiger partial charge on any atom is -0.493 e. The minimum absolute atomic E-state index is 0.100. The van der Waals surface area contributed by atoms with E-state index in [1.807, 2.05) is 0 Å². The molecule has 106 valence electrons. The van der Waals surface area contributed by atoms with Gasteiger partial charge in [0, 0.05) is 17.5 Å². The van der Waals surface area contributed by atoms with Crippen LogP contribution in [0.4, 0.5) is 4.39 Å². The smallest absolute Gasteiger partial charge is 0.165 e. The average molecular weight is 265 g/mol. The van der Waals surface area contributed by atoms with Crippen molar-refractivity contribution >= 4 is 0 Å². The van der Waals surface area contributed by atoms with Gasteiger partial charge in [-0.2, -0.15) is 0 Å². The monoisotopic (exact) mass is 265 g/mol. The van der Waals surface area contributed by atoms with E-state index in [-0.39, 0.29) is 11.2 Å². The number of nitrogens with two attached hydrogens (primary N) is 1. The first-order valence-electron chi connectivity index (χ1n) is 7.12. The summed E-state index contributed by atoms with van der Waals surface area (Å²) in [6.45, 7) is 4.72. The molecule has 2 rings (SSSR count). The predicted octanol–water partition coefficient (Wildman–Crippen LogP) is 3.73. The maximum Gasteiger partial charge on any atom is 0.165 e. The van der Waals surface area contributed by atoms with Crippen LogP contribution in [0.5, 0.6) is 5.75 Å². The van der Waals surface area contributed by atoms with E-state index in [1.54, 1.807) is 6.07 Å². The summed E-state index contributed by atoms with van der Waals surface area (Å²) in [6.07, 6.45) is 4.38. The van der Waals surface area contributed by atoms with Crippen LogP contribution >= 0.6 is 0 Å². The Labute approximate surface area is 115 Å². The van der Waals surface area contributed by atoms with Crippen LogP contribution in [-0.4, -0.2) is 13.7 Å². The predicted molar refractivity (Wildman–Crippen MR) is 76.2 cm³/mol. The Balaban J connectivity index is 2.58. The van der Waals surface area contributed by atoms with Crippen LogP contribution in [0, 0.1) is 5.82 Å². The molecule has 0 heterocycles. The van der Waals surface area contributed by atoms with Crippen molar-refractivity contribution in [2.75, 3.05) is 13.7 Å². The van der Waals surface area contributed by atoms with Gasteiger partial charge < -0.3 is 10.5 Å². The summed E-state index contributed by atoms with van der Waals surface area (Å²) in [6, 6.07) is 3.69. The lowest BCUT2D eigenvalue weighted by atomic mass is 9.77. The minimum atomic E-state index is -0.261. The molecule has 0 bridgehead atoms. The molecule has 1 aromatic carbocycles. The lowest BCUT2D eigenvalue weighted by Crippen LogP contribution is -2.33. The van der Waals surface area contributed by atoms with E-state index in [0.717, 1.165) is 36.8 Å². The Kier molecular flexibility index (Phi) is 4.14. The van der Waals surface area contributed by atoms with Gasteiger partial charge in [-0.25, -0.2) is 4.39 Å². The first kappa shape index (κ1) is 14.3. The first-order valence-corrected chi connectivity index (χ1v) is 7.12. The molecule has 2 nitrogen and oxygen atoms in total. The summed E-state index contributed by atoms with van der Waals surface area (Å²) in [5.74, 6) is 0.426. The van der Waals surface area contributed by atoms with Gasteiger partial charge in [0.05, 0.1) is 7.11 Å². The van der Waals surface area contributed by atoms with Gasteiger partial charge in [0.15, 0.2) is 11.6 Å². The van der Waals surface area contributed by atoms with Crippen LogP contribution in [0.1, 0.15) is 56.6 Å². The fraction of sp³-hybridized carbons (Fsp3) is 0.625. The molecule has 19 heavy (non-hydrogen) atoms. The number of ether oxygens (including phenoxy) is 1. The van der Waals surface area contributed by atoms with Crippen LogP contribution in [0.3, 0.4) is 0 Å². The zero-order valence-corrected chi connectivity index (χ0v) is 12.1. The number of hydrogen-bond donors (Lipinski definition) is 1. The standard InChI is InChI=1S/C16H24FNO/c1-11(2)12-8-13(15(19-3)14(17)9-12)16(10-18)6-4-5-7-16/h8-9,11H,4-7,10,18H2,1-3H3. The molecule has 1 aliphatic carbocycles. The molecule has 1 saturated carbocycles. The number of hydrogen-bond acceptors (Lipinski definition) is 2. The van der Waals surface area contributed by atoms with Crippen molar-refractivity contribution in [3.8, 4) is 5.75 Å². The van der Waals surface area contributed by atoms with Crippen molar-refractivity contribution < 1.29 is 9.13 Å². The second kappa shape index (κ2) is 5.49. The Bertz CT molecular complexity index is 450. The van der Waals surface area contributed by atoms with Gasteiger partial charge in [0.25, 0.3) is 0 Å². The normalized spacial score (nSPS) is 18.0. The highest BCUT2D eigenvalue weighted by molar-refractivity contribution is 5.45. The second-order valence-electron chi connectivity index (χ2n) is 5.93. The third kappa shape index (κ3) is 2.48. The summed E-state index contributed by atoms with van der Waals surface area (Å²) in [7, 11) is 1.54. The largest absolute Gasteiger partial charge is 0.493 e. The van der Waals surface area contributed by atoms with E-state index in [2.05, 4.69) is 19.9 Å². The summed E-state index contributed by atoms with van der Waals surface area (Å²) in [5.41, 5.74) is 7.91. The molecule has 1 aliphatic rings. The topological polar surface area (TPSA) is 35.2 Å². The van der Waals surface area contributed by atoms with Crippen LogP contribution in [0.2, 0.25) is 0 Å². The van der Waals surface area contributed by atoms with Crippen LogP contribution < -0.4 is 10.5 Å². The average Bonchev–Trinajstić information content (AvgIpc) is 2.87. The Morgan fingerprint density at radius 1 is 1.32 bits per heavy atom. The quantitative estimate of drug-likeness (QED) is 0.900. The molecule has 1 fully saturated rings. The molecule has 1 aromatic rings. The highest BCUT2D eigenvalue weighted by Crippen LogP contribution is 2.45. The summed E-state index contributed by atoms with van der Waals surface area (Å²) in [4.78, 5) is 0. The molecule has 0 amide bonds. The zero-order valence-electron chi connectivity index (χ0n) is 12.1. The van der Waals surface area contributed by atoms with E-state index >= 15 is 0 Å². The van der Waals surface area contributed by atoms with Gasteiger partial charge in [0.1, 0.15) is 0 Å².